The van der Waals surface area contributed by atoms with E-state index in [1.807, 2.05) is 18.7 Å². The number of nitrogens with zero attached hydrogens (tertiary/aromatic N) is 1. The Kier molecular flexibility index (Phi) is 2.58. The molecule has 3 heteroatoms. The second-order valence-electron chi connectivity index (χ2n) is 3.62. The van der Waals surface area contributed by atoms with E-state index in [0.717, 1.165) is 24.8 Å². The number of hydrogen-bond donors (Lipinski definition) is 0. The fraction of sp³-hybridized carbons (Fsp3) is 0.875. The molecule has 1 aliphatic rings. The molecule has 2 nitrogen and oxygen atoms in total. The number of likely N-dealkylation sites (tertiary alicyclic amines) is 1. The van der Waals surface area contributed by atoms with Gasteiger partial charge in [-0.25, -0.2) is 0 Å². The smallest absolute Gasteiger partial charge is 0.228 e. The molecule has 0 saturated carbocycles. The molecule has 1 rings (SSSR count). The first-order chi connectivity index (χ1) is 5.08. The molecule has 1 fully saturated rings. The Balaban J connectivity index is 2.56. The molecule has 1 aliphatic heterocycles. The molecule has 0 radical (unpaired) electrons. The maximum atomic E-state index is 11.5. The number of carbonyl (C=O) groups excluding carboxylic acids is 1. The Morgan fingerprint density at radius 3 is 2.64 bits per heavy atom. The van der Waals surface area contributed by atoms with Crippen LogP contribution < -0.4 is 0 Å². The van der Waals surface area contributed by atoms with Crippen molar-refractivity contribution in [2.75, 3.05) is 18.4 Å². The molecule has 0 atom stereocenters. The van der Waals surface area contributed by atoms with Crippen molar-refractivity contribution in [3.63, 3.8) is 0 Å². The molecule has 11 heavy (non-hydrogen) atoms. The Bertz CT molecular complexity index is 167. The van der Waals surface area contributed by atoms with E-state index < -0.39 is 0 Å². The minimum absolute atomic E-state index is 0.109. The van der Waals surface area contributed by atoms with Crippen molar-refractivity contribution in [3.8, 4) is 0 Å². The molecule has 1 amide bonds. The van der Waals surface area contributed by atoms with Crippen LogP contribution in [0, 0.1) is 5.41 Å². The average molecular weight is 220 g/mol. The van der Waals surface area contributed by atoms with Gasteiger partial charge in [0.15, 0.2) is 0 Å². The van der Waals surface area contributed by atoms with Crippen molar-refractivity contribution < 1.29 is 4.79 Å². The molecule has 0 bridgehead atoms. The molecule has 1 saturated heterocycles. The van der Waals surface area contributed by atoms with Gasteiger partial charge in [0, 0.05) is 23.8 Å². The maximum Gasteiger partial charge on any atom is 0.228 e. The van der Waals surface area contributed by atoms with Crippen molar-refractivity contribution in [1.82, 2.24) is 4.90 Å². The fourth-order valence-electron chi connectivity index (χ4n) is 1.37. The summed E-state index contributed by atoms with van der Waals surface area (Å²) in [4.78, 5) is 13.4. The molecule has 64 valence electrons. The van der Waals surface area contributed by atoms with Crippen molar-refractivity contribution in [2.24, 2.45) is 5.41 Å². The van der Waals surface area contributed by atoms with Gasteiger partial charge in [0.2, 0.25) is 5.91 Å². The van der Waals surface area contributed by atoms with E-state index in [-0.39, 0.29) is 5.41 Å². The number of alkyl halides is 1. The highest BCUT2D eigenvalue weighted by Crippen LogP contribution is 2.30. The molecule has 1 heterocycles. The summed E-state index contributed by atoms with van der Waals surface area (Å²) in [6.07, 6.45) is 0.999. The predicted molar refractivity (Wildman–Crippen MR) is 48.8 cm³/mol. The molecule has 0 spiro atoms. The van der Waals surface area contributed by atoms with E-state index in [1.54, 1.807) is 0 Å². The monoisotopic (exact) mass is 219 g/mol. The summed E-state index contributed by atoms with van der Waals surface area (Å²) >= 11 is 3.33. The molecule has 0 aliphatic carbocycles. The highest BCUT2D eigenvalue weighted by molar-refractivity contribution is 9.09. The van der Waals surface area contributed by atoms with Crippen LogP contribution >= 0.6 is 15.9 Å². The molecular formula is C8H14BrNO. The second kappa shape index (κ2) is 3.13. The molecule has 0 N–H and O–H groups in total. The van der Waals surface area contributed by atoms with Crippen LogP contribution in [-0.2, 0) is 4.79 Å². The van der Waals surface area contributed by atoms with Gasteiger partial charge in [0.25, 0.3) is 0 Å². The topological polar surface area (TPSA) is 20.3 Å². The highest BCUT2D eigenvalue weighted by Gasteiger charge is 2.37. The number of hydrogen-bond acceptors (Lipinski definition) is 1. The Labute approximate surface area is 76.1 Å². The number of rotatable bonds is 2. The van der Waals surface area contributed by atoms with Gasteiger partial charge in [-0.2, -0.15) is 0 Å². The zero-order valence-corrected chi connectivity index (χ0v) is 8.65. The van der Waals surface area contributed by atoms with Crippen LogP contribution in [0.25, 0.3) is 0 Å². The van der Waals surface area contributed by atoms with Gasteiger partial charge in [-0.05, 0) is 6.42 Å². The quantitative estimate of drug-likeness (QED) is 0.648. The van der Waals surface area contributed by atoms with E-state index in [1.165, 1.54) is 0 Å². The second-order valence-corrected chi connectivity index (χ2v) is 4.41. The molecule has 0 aromatic heterocycles. The van der Waals surface area contributed by atoms with Crippen molar-refractivity contribution in [2.45, 2.75) is 20.3 Å². The lowest BCUT2D eigenvalue weighted by Gasteiger charge is -2.18. The third kappa shape index (κ3) is 1.75. The lowest BCUT2D eigenvalue weighted by atomic mass is 9.92. The first kappa shape index (κ1) is 9.04. The van der Waals surface area contributed by atoms with Crippen LogP contribution in [0.4, 0.5) is 0 Å². The first-order valence-electron chi connectivity index (χ1n) is 3.93. The van der Waals surface area contributed by atoms with Gasteiger partial charge in [-0.3, -0.25) is 4.79 Å². The fourth-order valence-corrected chi connectivity index (χ4v) is 1.79. The van der Waals surface area contributed by atoms with Crippen molar-refractivity contribution >= 4 is 21.8 Å². The van der Waals surface area contributed by atoms with E-state index in [9.17, 15) is 4.79 Å². The van der Waals surface area contributed by atoms with Gasteiger partial charge < -0.3 is 4.90 Å². The van der Waals surface area contributed by atoms with Crippen LogP contribution in [0.5, 0.6) is 0 Å². The first-order valence-corrected chi connectivity index (χ1v) is 5.05. The molecule has 0 aromatic carbocycles. The maximum absolute atomic E-state index is 11.5. The predicted octanol–water partition coefficient (Wildman–Crippen LogP) is 1.64. The normalized spacial score (nSPS) is 22.8. The number of halogens is 1. The zero-order chi connectivity index (χ0) is 8.48. The number of carbonyl (C=O) groups is 1. The lowest BCUT2D eigenvalue weighted by Crippen LogP contribution is -2.32. The summed E-state index contributed by atoms with van der Waals surface area (Å²) in [6.45, 7) is 5.81. The minimum Gasteiger partial charge on any atom is -0.341 e. The standard InChI is InChI=1S/C8H14BrNO/c1-8(2)3-5-10(6-4-9)7(8)11/h3-6H2,1-2H3. The summed E-state index contributed by atoms with van der Waals surface area (Å²) in [5.74, 6) is 0.303. The Morgan fingerprint density at radius 2 is 2.27 bits per heavy atom. The minimum atomic E-state index is -0.109. The largest absolute Gasteiger partial charge is 0.341 e. The van der Waals surface area contributed by atoms with Crippen molar-refractivity contribution in [3.05, 3.63) is 0 Å². The Morgan fingerprint density at radius 1 is 1.64 bits per heavy atom. The van der Waals surface area contributed by atoms with Gasteiger partial charge in [0.05, 0.1) is 0 Å². The highest BCUT2D eigenvalue weighted by atomic mass is 79.9. The van der Waals surface area contributed by atoms with Crippen LogP contribution in [0.3, 0.4) is 0 Å². The average Bonchev–Trinajstić information content (AvgIpc) is 2.17. The van der Waals surface area contributed by atoms with E-state index in [2.05, 4.69) is 15.9 Å². The molecule has 0 aromatic rings. The summed E-state index contributed by atoms with van der Waals surface area (Å²) in [7, 11) is 0. The summed E-state index contributed by atoms with van der Waals surface area (Å²) < 4.78 is 0. The SMILES string of the molecule is CC1(C)CCN(CCBr)C1=O. The summed E-state index contributed by atoms with van der Waals surface area (Å²) in [6, 6.07) is 0. The van der Waals surface area contributed by atoms with Crippen LogP contribution in [0.2, 0.25) is 0 Å². The third-order valence-corrected chi connectivity index (χ3v) is 2.58. The third-order valence-electron chi connectivity index (χ3n) is 2.23. The van der Waals surface area contributed by atoms with Crippen molar-refractivity contribution in [1.29, 1.82) is 0 Å². The van der Waals surface area contributed by atoms with Crippen LogP contribution in [0.1, 0.15) is 20.3 Å². The molecule has 0 unspecified atom stereocenters. The lowest BCUT2D eigenvalue weighted by molar-refractivity contribution is -0.134. The van der Waals surface area contributed by atoms with Gasteiger partial charge in [0.1, 0.15) is 0 Å². The van der Waals surface area contributed by atoms with E-state index >= 15 is 0 Å². The van der Waals surface area contributed by atoms with E-state index in [4.69, 9.17) is 0 Å². The number of amides is 1. The zero-order valence-electron chi connectivity index (χ0n) is 7.06. The summed E-state index contributed by atoms with van der Waals surface area (Å²) in [5, 5.41) is 0.884. The van der Waals surface area contributed by atoms with Gasteiger partial charge in [-0.15, -0.1) is 0 Å². The summed E-state index contributed by atoms with van der Waals surface area (Å²) in [5.41, 5.74) is -0.109. The van der Waals surface area contributed by atoms with Gasteiger partial charge >= 0.3 is 0 Å². The van der Waals surface area contributed by atoms with E-state index in [0.29, 0.717) is 5.91 Å². The van der Waals surface area contributed by atoms with Crippen LogP contribution in [0.15, 0.2) is 0 Å². The van der Waals surface area contributed by atoms with Crippen LogP contribution in [-0.4, -0.2) is 29.2 Å². The Hall–Kier alpha value is -0.0500. The molecular weight excluding hydrogens is 206 g/mol. The van der Waals surface area contributed by atoms with Gasteiger partial charge in [-0.1, -0.05) is 29.8 Å².